The standard InChI is InChI=1S/C11H14N4/c1-7-4-5-13-11(10(7)12)9-6-15(3)14-8(9)2/h4-6H,12H2,1-3H3. The highest BCUT2D eigenvalue weighted by molar-refractivity contribution is 5.75. The summed E-state index contributed by atoms with van der Waals surface area (Å²) in [5.41, 5.74) is 10.5. The second-order valence-electron chi connectivity index (χ2n) is 3.69. The lowest BCUT2D eigenvalue weighted by molar-refractivity contribution is 0.756. The van der Waals surface area contributed by atoms with Crippen LogP contribution < -0.4 is 5.73 Å². The first-order chi connectivity index (χ1) is 7.09. The fourth-order valence-electron chi connectivity index (χ4n) is 1.62. The molecule has 4 heteroatoms. The van der Waals surface area contributed by atoms with E-state index >= 15 is 0 Å². The summed E-state index contributed by atoms with van der Waals surface area (Å²) >= 11 is 0. The summed E-state index contributed by atoms with van der Waals surface area (Å²) in [6.45, 7) is 3.94. The van der Waals surface area contributed by atoms with Crippen molar-refractivity contribution in [1.82, 2.24) is 14.8 Å². The second-order valence-corrected chi connectivity index (χ2v) is 3.69. The highest BCUT2D eigenvalue weighted by Crippen LogP contribution is 2.27. The molecule has 0 aliphatic heterocycles. The summed E-state index contributed by atoms with van der Waals surface area (Å²) in [5.74, 6) is 0. The quantitative estimate of drug-likeness (QED) is 0.765. The Morgan fingerprint density at radius 1 is 1.33 bits per heavy atom. The van der Waals surface area contributed by atoms with Gasteiger partial charge < -0.3 is 5.73 Å². The van der Waals surface area contributed by atoms with Gasteiger partial charge in [-0.3, -0.25) is 9.67 Å². The molecule has 0 spiro atoms. The van der Waals surface area contributed by atoms with Gasteiger partial charge in [0.05, 0.1) is 17.1 Å². The number of aryl methyl sites for hydroxylation is 3. The van der Waals surface area contributed by atoms with E-state index < -0.39 is 0 Å². The van der Waals surface area contributed by atoms with E-state index in [0.717, 1.165) is 28.2 Å². The number of hydrogen-bond acceptors (Lipinski definition) is 3. The number of anilines is 1. The van der Waals surface area contributed by atoms with Crippen molar-refractivity contribution in [3.05, 3.63) is 29.7 Å². The van der Waals surface area contributed by atoms with E-state index in [0.29, 0.717) is 0 Å². The van der Waals surface area contributed by atoms with E-state index in [1.54, 1.807) is 10.9 Å². The smallest absolute Gasteiger partial charge is 0.0968 e. The van der Waals surface area contributed by atoms with Crippen LogP contribution in [0.1, 0.15) is 11.3 Å². The molecule has 78 valence electrons. The van der Waals surface area contributed by atoms with Gasteiger partial charge in [-0.25, -0.2) is 0 Å². The number of nitrogens with zero attached hydrogens (tertiary/aromatic N) is 3. The van der Waals surface area contributed by atoms with Gasteiger partial charge in [0.2, 0.25) is 0 Å². The van der Waals surface area contributed by atoms with Crippen molar-refractivity contribution < 1.29 is 0 Å². The first-order valence-corrected chi connectivity index (χ1v) is 4.81. The van der Waals surface area contributed by atoms with Gasteiger partial charge in [-0.2, -0.15) is 5.10 Å². The van der Waals surface area contributed by atoms with Crippen LogP contribution in [0.4, 0.5) is 5.69 Å². The predicted octanol–water partition coefficient (Wildman–Crippen LogP) is 1.68. The summed E-state index contributed by atoms with van der Waals surface area (Å²) in [6, 6.07) is 1.91. The summed E-state index contributed by atoms with van der Waals surface area (Å²) in [4.78, 5) is 4.31. The van der Waals surface area contributed by atoms with Crippen molar-refractivity contribution in [2.45, 2.75) is 13.8 Å². The molecular formula is C11H14N4. The first-order valence-electron chi connectivity index (χ1n) is 4.81. The molecule has 15 heavy (non-hydrogen) atoms. The molecule has 2 rings (SSSR count). The Labute approximate surface area is 88.8 Å². The topological polar surface area (TPSA) is 56.7 Å². The van der Waals surface area contributed by atoms with E-state index in [1.165, 1.54) is 0 Å². The Morgan fingerprint density at radius 3 is 2.67 bits per heavy atom. The van der Waals surface area contributed by atoms with Crippen molar-refractivity contribution >= 4 is 5.69 Å². The summed E-state index contributed by atoms with van der Waals surface area (Å²) < 4.78 is 1.77. The minimum atomic E-state index is 0.730. The molecule has 0 saturated heterocycles. The van der Waals surface area contributed by atoms with Gasteiger partial charge in [0, 0.05) is 25.0 Å². The van der Waals surface area contributed by atoms with Gasteiger partial charge >= 0.3 is 0 Å². The minimum Gasteiger partial charge on any atom is -0.397 e. The van der Waals surface area contributed by atoms with Gasteiger partial charge in [-0.1, -0.05) is 0 Å². The van der Waals surface area contributed by atoms with Gasteiger partial charge in [0.1, 0.15) is 0 Å². The van der Waals surface area contributed by atoms with Crippen LogP contribution >= 0.6 is 0 Å². The van der Waals surface area contributed by atoms with Gasteiger partial charge in [-0.15, -0.1) is 0 Å². The second kappa shape index (κ2) is 3.38. The molecule has 2 N–H and O–H groups in total. The van der Waals surface area contributed by atoms with Crippen LogP contribution in [-0.4, -0.2) is 14.8 Å². The van der Waals surface area contributed by atoms with E-state index in [2.05, 4.69) is 10.1 Å². The van der Waals surface area contributed by atoms with Crippen LogP contribution in [0.15, 0.2) is 18.5 Å². The maximum Gasteiger partial charge on any atom is 0.0968 e. The molecule has 0 aromatic carbocycles. The fraction of sp³-hybridized carbons (Fsp3) is 0.273. The molecule has 2 aromatic heterocycles. The average molecular weight is 202 g/mol. The van der Waals surface area contributed by atoms with Crippen molar-refractivity contribution in [2.24, 2.45) is 7.05 Å². The SMILES string of the molecule is Cc1ccnc(-c2cn(C)nc2C)c1N. The maximum absolute atomic E-state index is 5.99. The van der Waals surface area contributed by atoms with E-state index in [1.807, 2.05) is 33.2 Å². The molecule has 2 aromatic rings. The summed E-state index contributed by atoms with van der Waals surface area (Å²) in [7, 11) is 1.89. The van der Waals surface area contributed by atoms with Crippen molar-refractivity contribution in [2.75, 3.05) is 5.73 Å². The lowest BCUT2D eigenvalue weighted by Crippen LogP contribution is -1.96. The Bertz CT molecular complexity index is 499. The van der Waals surface area contributed by atoms with Crippen LogP contribution in [0.25, 0.3) is 11.3 Å². The molecule has 2 heterocycles. The molecular weight excluding hydrogens is 188 g/mol. The monoisotopic (exact) mass is 202 g/mol. The number of nitrogens with two attached hydrogens (primary N) is 1. The third-order valence-corrected chi connectivity index (χ3v) is 2.48. The molecule has 0 fully saturated rings. The van der Waals surface area contributed by atoms with Crippen LogP contribution in [0.5, 0.6) is 0 Å². The van der Waals surface area contributed by atoms with Crippen molar-refractivity contribution in [3.63, 3.8) is 0 Å². The fourth-order valence-corrected chi connectivity index (χ4v) is 1.62. The van der Waals surface area contributed by atoms with E-state index in [-0.39, 0.29) is 0 Å². The first kappa shape index (κ1) is 9.71. The molecule has 4 nitrogen and oxygen atoms in total. The van der Waals surface area contributed by atoms with Gasteiger partial charge in [0.25, 0.3) is 0 Å². The van der Waals surface area contributed by atoms with Crippen molar-refractivity contribution in [1.29, 1.82) is 0 Å². The van der Waals surface area contributed by atoms with Crippen LogP contribution in [-0.2, 0) is 7.05 Å². The van der Waals surface area contributed by atoms with Crippen LogP contribution in [0.3, 0.4) is 0 Å². The number of hydrogen-bond donors (Lipinski definition) is 1. The predicted molar refractivity (Wildman–Crippen MR) is 60.3 cm³/mol. The molecule has 0 atom stereocenters. The summed E-state index contributed by atoms with van der Waals surface area (Å²) in [5, 5.41) is 4.28. The largest absolute Gasteiger partial charge is 0.397 e. The normalized spacial score (nSPS) is 10.6. The third-order valence-electron chi connectivity index (χ3n) is 2.48. The molecule has 0 radical (unpaired) electrons. The van der Waals surface area contributed by atoms with E-state index in [9.17, 15) is 0 Å². The molecule has 0 unspecified atom stereocenters. The third kappa shape index (κ3) is 1.58. The summed E-state index contributed by atoms with van der Waals surface area (Å²) in [6.07, 6.45) is 3.71. The Kier molecular flexibility index (Phi) is 2.19. The highest BCUT2D eigenvalue weighted by Gasteiger charge is 2.11. The van der Waals surface area contributed by atoms with E-state index in [4.69, 9.17) is 5.73 Å². The Balaban J connectivity index is 2.64. The average Bonchev–Trinajstić information content (AvgIpc) is 2.50. The zero-order valence-corrected chi connectivity index (χ0v) is 9.15. The van der Waals surface area contributed by atoms with Gasteiger partial charge in [0.15, 0.2) is 0 Å². The van der Waals surface area contributed by atoms with Crippen LogP contribution in [0, 0.1) is 13.8 Å². The molecule has 0 saturated carbocycles. The number of rotatable bonds is 1. The number of aromatic nitrogens is 3. The molecule has 0 bridgehead atoms. The zero-order valence-electron chi connectivity index (χ0n) is 9.15. The Hall–Kier alpha value is -1.84. The van der Waals surface area contributed by atoms with Crippen LogP contribution in [0.2, 0.25) is 0 Å². The molecule has 0 amide bonds. The zero-order chi connectivity index (χ0) is 11.0. The van der Waals surface area contributed by atoms with Crippen molar-refractivity contribution in [3.8, 4) is 11.3 Å². The number of pyridine rings is 1. The maximum atomic E-state index is 5.99. The molecule has 0 aliphatic rings. The minimum absolute atomic E-state index is 0.730. The lowest BCUT2D eigenvalue weighted by Gasteiger charge is -2.05. The Morgan fingerprint density at radius 2 is 2.07 bits per heavy atom. The highest BCUT2D eigenvalue weighted by atomic mass is 15.2. The van der Waals surface area contributed by atoms with Gasteiger partial charge in [-0.05, 0) is 25.5 Å². The molecule has 0 aliphatic carbocycles. The number of nitrogen functional groups attached to an aromatic ring is 1. The lowest BCUT2D eigenvalue weighted by atomic mass is 10.1.